The smallest absolute Gasteiger partial charge is 0.136 e. The van der Waals surface area contributed by atoms with Gasteiger partial charge in [0.2, 0.25) is 0 Å². The van der Waals surface area contributed by atoms with Crippen LogP contribution in [0.1, 0.15) is 329 Å². The Morgan fingerprint density at radius 2 is 0.759 bits per heavy atom. The molecule has 9 atom stereocenters. The summed E-state index contributed by atoms with van der Waals surface area (Å²) in [5.74, 6) is 5.34. The summed E-state index contributed by atoms with van der Waals surface area (Å²) in [5.41, 5.74) is 11.6. The van der Waals surface area contributed by atoms with Crippen molar-refractivity contribution in [1.29, 1.82) is 0 Å². The standard InChI is InChI=1S/C16H30O.C16H28O.C16H26O.C15H26O.C15H24O/c3*1-4-13(2)7-5-8-14(3)11-12-15-9-6-10-16(15)17;2*1-12(2)6-4-7-13(3)10-11-14-8-5-9-15(14)16/h13-15H,4-12H2,1-3H3;7,11,15-17H,4-6,8-10,12H2,1-3H3;7,11,15H,4-6,8-10,12H2,1-3H3;6,10,14-16H,4-5,7-9,11H2,1-3H3;6,10,14H,4-5,7-9,11H2,1-3H3/b;2*13-7+,14-11+;2*13-10+. The number of carbonyl (C=O) groups excluding carboxylic acids is 3. The summed E-state index contributed by atoms with van der Waals surface area (Å²) in [7, 11) is 0. The Hall–Kier alpha value is -3.15. The van der Waals surface area contributed by atoms with E-state index in [1.807, 2.05) is 0 Å². The average molecular weight is 1150 g/mol. The number of hydrogen-bond acceptors (Lipinski definition) is 5. The third-order valence-electron chi connectivity index (χ3n) is 19.0. The summed E-state index contributed by atoms with van der Waals surface area (Å²) in [6.45, 7) is 33.1. The van der Waals surface area contributed by atoms with Gasteiger partial charge >= 0.3 is 0 Å². The van der Waals surface area contributed by atoms with Crippen LogP contribution < -0.4 is 0 Å². The summed E-state index contributed by atoms with van der Waals surface area (Å²) in [6.07, 6.45) is 57.9. The van der Waals surface area contributed by atoms with Gasteiger partial charge in [-0.1, -0.05) is 173 Å². The van der Waals surface area contributed by atoms with Crippen molar-refractivity contribution in [3.05, 3.63) is 93.2 Å². The first-order chi connectivity index (χ1) is 39.6. The van der Waals surface area contributed by atoms with Crippen LogP contribution in [-0.4, -0.2) is 39.8 Å². The third-order valence-corrected chi connectivity index (χ3v) is 19.0. The number of allylic oxidation sites excluding steroid dienone is 16. The fraction of sp³-hybridized carbons (Fsp3) is 0.756. The molecule has 5 rings (SSSR count). The van der Waals surface area contributed by atoms with Gasteiger partial charge in [0.1, 0.15) is 17.3 Å². The zero-order valence-electron chi connectivity index (χ0n) is 57.2. The van der Waals surface area contributed by atoms with Gasteiger partial charge in [-0.2, -0.15) is 0 Å². The zero-order valence-corrected chi connectivity index (χ0v) is 57.2. The molecule has 0 bridgehead atoms. The molecule has 0 saturated heterocycles. The van der Waals surface area contributed by atoms with Gasteiger partial charge in [-0.3, -0.25) is 14.4 Å². The van der Waals surface area contributed by atoms with E-state index in [2.05, 4.69) is 152 Å². The molecule has 0 heterocycles. The molecule has 476 valence electrons. The molecule has 0 spiro atoms. The second-order valence-corrected chi connectivity index (χ2v) is 27.5. The highest BCUT2D eigenvalue weighted by Gasteiger charge is 2.27. The second kappa shape index (κ2) is 47.9. The molecular formula is C78H134O5. The lowest BCUT2D eigenvalue weighted by Crippen LogP contribution is -2.11. The van der Waals surface area contributed by atoms with E-state index in [4.69, 9.17) is 0 Å². The topological polar surface area (TPSA) is 91.7 Å². The Bertz CT molecular complexity index is 2020. The SMILES string of the molecule is CC(C)=CCC/C(C)=C/CC1CCCC1=O.CC(C)=CCC/C(C)=C/CC1CCCC1O.CC/C(C)=C/CC/C(C)=C/CC1CCCC1=O.CC/C(C)=C/CC/C(C)=C/CC1CCCC1O.CCC(C)CCCC(C)CCC1CCCC1=O. The van der Waals surface area contributed by atoms with Gasteiger partial charge in [-0.15, -0.1) is 0 Å². The first kappa shape index (κ1) is 77.9. The molecule has 5 fully saturated rings. The van der Waals surface area contributed by atoms with Gasteiger partial charge in [-0.05, 0) is 253 Å². The maximum absolute atomic E-state index is 11.5. The third kappa shape index (κ3) is 40.0. The van der Waals surface area contributed by atoms with Crippen molar-refractivity contribution in [3.8, 4) is 0 Å². The van der Waals surface area contributed by atoms with Crippen molar-refractivity contribution >= 4 is 17.3 Å². The van der Waals surface area contributed by atoms with Crippen molar-refractivity contribution in [3.63, 3.8) is 0 Å². The van der Waals surface area contributed by atoms with Crippen LogP contribution >= 0.6 is 0 Å². The summed E-state index contributed by atoms with van der Waals surface area (Å²) in [5, 5.41) is 19.5. The minimum atomic E-state index is -0.0405. The van der Waals surface area contributed by atoms with Crippen LogP contribution in [0.2, 0.25) is 0 Å². The number of ketones is 3. The first-order valence-corrected chi connectivity index (χ1v) is 34.7. The van der Waals surface area contributed by atoms with Crippen LogP contribution in [0.15, 0.2) is 93.2 Å². The minimum absolute atomic E-state index is 0.0400. The van der Waals surface area contributed by atoms with E-state index in [-0.39, 0.29) is 12.2 Å². The van der Waals surface area contributed by atoms with Gasteiger partial charge in [0, 0.05) is 37.0 Å². The Kier molecular flexibility index (Phi) is 45.0. The minimum Gasteiger partial charge on any atom is -0.393 e. The lowest BCUT2D eigenvalue weighted by atomic mass is 9.90. The highest BCUT2D eigenvalue weighted by molar-refractivity contribution is 5.83. The molecule has 5 heteroatoms. The molecule has 5 aliphatic rings. The van der Waals surface area contributed by atoms with E-state index in [9.17, 15) is 24.6 Å². The van der Waals surface area contributed by atoms with E-state index < -0.39 is 0 Å². The normalized spacial score (nSPS) is 24.0. The van der Waals surface area contributed by atoms with Crippen molar-refractivity contribution in [2.24, 2.45) is 41.4 Å². The zero-order chi connectivity index (χ0) is 62.0. The van der Waals surface area contributed by atoms with Crippen LogP contribution in [0, 0.1) is 41.4 Å². The Balaban J connectivity index is 0.000000519. The summed E-state index contributed by atoms with van der Waals surface area (Å²) >= 11 is 0. The van der Waals surface area contributed by atoms with Crippen molar-refractivity contribution in [2.75, 3.05) is 0 Å². The number of rotatable bonds is 30. The van der Waals surface area contributed by atoms with E-state index in [0.29, 0.717) is 46.9 Å². The number of carbonyl (C=O) groups is 3. The van der Waals surface area contributed by atoms with Crippen LogP contribution in [0.3, 0.4) is 0 Å². The van der Waals surface area contributed by atoms with Crippen LogP contribution in [0.4, 0.5) is 0 Å². The van der Waals surface area contributed by atoms with Crippen molar-refractivity contribution < 1.29 is 24.6 Å². The molecule has 0 aromatic rings. The Labute approximate surface area is 514 Å². The Morgan fingerprint density at radius 3 is 1.07 bits per heavy atom. The molecule has 0 amide bonds. The number of aliphatic hydroxyl groups is 2. The molecule has 0 aliphatic heterocycles. The van der Waals surface area contributed by atoms with Crippen LogP contribution in [0.5, 0.6) is 0 Å². The van der Waals surface area contributed by atoms with Crippen LogP contribution in [0.25, 0.3) is 0 Å². The molecule has 5 aliphatic carbocycles. The van der Waals surface area contributed by atoms with Crippen molar-refractivity contribution in [1.82, 2.24) is 0 Å². The lowest BCUT2D eigenvalue weighted by Gasteiger charge is -2.15. The predicted molar refractivity (Wildman–Crippen MR) is 363 cm³/mol. The van der Waals surface area contributed by atoms with Gasteiger partial charge in [-0.25, -0.2) is 0 Å². The molecule has 0 aromatic carbocycles. The van der Waals surface area contributed by atoms with E-state index in [1.165, 1.54) is 115 Å². The summed E-state index contributed by atoms with van der Waals surface area (Å²) in [6, 6.07) is 0. The molecule has 2 N–H and O–H groups in total. The molecule has 5 saturated carbocycles. The fourth-order valence-corrected chi connectivity index (χ4v) is 12.1. The van der Waals surface area contributed by atoms with E-state index in [0.717, 1.165) is 166 Å². The van der Waals surface area contributed by atoms with E-state index in [1.54, 1.807) is 0 Å². The van der Waals surface area contributed by atoms with Gasteiger partial charge < -0.3 is 10.2 Å². The molecule has 0 aromatic heterocycles. The summed E-state index contributed by atoms with van der Waals surface area (Å²) in [4.78, 5) is 34.5. The first-order valence-electron chi connectivity index (χ1n) is 34.7. The molecular weight excluding hydrogens is 1020 g/mol. The fourth-order valence-electron chi connectivity index (χ4n) is 12.1. The lowest BCUT2D eigenvalue weighted by molar-refractivity contribution is -0.121. The predicted octanol–water partition coefficient (Wildman–Crippen LogP) is 23.1. The Morgan fingerprint density at radius 1 is 0.410 bits per heavy atom. The quantitative estimate of drug-likeness (QED) is 0.0699. The van der Waals surface area contributed by atoms with E-state index >= 15 is 0 Å². The molecule has 5 nitrogen and oxygen atoms in total. The highest BCUT2D eigenvalue weighted by Crippen LogP contribution is 2.32. The second-order valence-electron chi connectivity index (χ2n) is 27.5. The van der Waals surface area contributed by atoms with Crippen LogP contribution in [-0.2, 0) is 14.4 Å². The maximum atomic E-state index is 11.5. The monoisotopic (exact) mass is 1150 g/mol. The molecule has 0 radical (unpaired) electrons. The molecule has 83 heavy (non-hydrogen) atoms. The van der Waals surface area contributed by atoms with Gasteiger partial charge in [0.05, 0.1) is 12.2 Å². The number of hydrogen-bond donors (Lipinski definition) is 2. The van der Waals surface area contributed by atoms with Gasteiger partial charge in [0.25, 0.3) is 0 Å². The largest absolute Gasteiger partial charge is 0.393 e. The highest BCUT2D eigenvalue weighted by atomic mass is 16.3. The molecule has 9 unspecified atom stereocenters. The summed E-state index contributed by atoms with van der Waals surface area (Å²) < 4.78 is 0. The maximum Gasteiger partial charge on any atom is 0.136 e. The number of aliphatic hydroxyl groups excluding tert-OH is 2. The number of Topliss-reactive ketones (excluding diaryl/α,β-unsaturated/α-hetero) is 3. The average Bonchev–Trinajstić information content (AvgIpc) is 4.34. The van der Waals surface area contributed by atoms with Crippen molar-refractivity contribution in [2.45, 2.75) is 341 Å². The van der Waals surface area contributed by atoms with Gasteiger partial charge in [0.15, 0.2) is 0 Å².